The van der Waals surface area contributed by atoms with Crippen LogP contribution in [0.15, 0.2) is 30.3 Å². The van der Waals surface area contributed by atoms with Gasteiger partial charge in [-0.3, -0.25) is 14.4 Å². The Bertz CT molecular complexity index is 678. The van der Waals surface area contributed by atoms with E-state index in [0.717, 1.165) is 5.56 Å². The van der Waals surface area contributed by atoms with E-state index in [1.54, 1.807) is 30.3 Å². The molecule has 2 amide bonds. The van der Waals surface area contributed by atoms with Crippen molar-refractivity contribution in [3.63, 3.8) is 0 Å². The van der Waals surface area contributed by atoms with E-state index in [4.69, 9.17) is 15.9 Å². The fourth-order valence-corrected chi connectivity index (χ4v) is 2.26. The van der Waals surface area contributed by atoms with Gasteiger partial charge in [0.25, 0.3) is 0 Å². The lowest BCUT2D eigenvalue weighted by Gasteiger charge is -2.24. The molecule has 0 heterocycles. The van der Waals surface area contributed by atoms with Crippen LogP contribution >= 0.6 is 0 Å². The van der Waals surface area contributed by atoms with Gasteiger partial charge in [0, 0.05) is 0 Å². The molecule has 0 aliphatic rings. The third-order valence-electron chi connectivity index (χ3n) is 3.69. The Morgan fingerprint density at radius 2 is 1.63 bits per heavy atom. The highest BCUT2D eigenvalue weighted by molar-refractivity contribution is 5.93. The summed E-state index contributed by atoms with van der Waals surface area (Å²) in [5.41, 5.74) is 6.61. The fraction of sp³-hybridized carbons (Fsp3) is 0.412. The van der Waals surface area contributed by atoms with Gasteiger partial charge in [-0.25, -0.2) is 4.79 Å². The highest BCUT2D eigenvalue weighted by Crippen LogP contribution is 2.04. The molecule has 0 fully saturated rings. The topological polar surface area (TPSA) is 179 Å². The Hall–Kier alpha value is -2.98. The second-order valence-corrected chi connectivity index (χ2v) is 6.02. The molecule has 0 aromatic heterocycles. The number of nitrogens with two attached hydrogens (primary N) is 1. The number of carboxylic acid groups (broad SMARTS) is 2. The first kappa shape index (κ1) is 22.1. The first-order valence-corrected chi connectivity index (χ1v) is 8.14. The van der Waals surface area contributed by atoms with Crippen LogP contribution in [0.3, 0.4) is 0 Å². The van der Waals surface area contributed by atoms with Gasteiger partial charge in [-0.05, 0) is 18.9 Å². The van der Waals surface area contributed by atoms with Crippen LogP contribution in [-0.2, 0) is 25.6 Å². The molecule has 4 atom stereocenters. The quantitative estimate of drug-likeness (QED) is 0.282. The van der Waals surface area contributed by atoms with Crippen LogP contribution in [0.5, 0.6) is 0 Å². The molecule has 0 bridgehead atoms. The molecule has 0 aliphatic carbocycles. The summed E-state index contributed by atoms with van der Waals surface area (Å²) in [6, 6.07) is 4.71. The standard InChI is InChI=1S/C17H23N3O7/c1-9(21)14(16(25)19-12(17(26)27)8-13(22)23)20-15(24)11(18)7-10-5-3-2-4-6-10/h2-6,9,11-12,14,21H,7-8,18H2,1H3,(H,19,25)(H,20,24)(H,22,23)(H,26,27). The summed E-state index contributed by atoms with van der Waals surface area (Å²) in [6.45, 7) is 1.22. The van der Waals surface area contributed by atoms with Crippen LogP contribution in [0.25, 0.3) is 0 Å². The van der Waals surface area contributed by atoms with E-state index in [0.29, 0.717) is 0 Å². The summed E-state index contributed by atoms with van der Waals surface area (Å²) >= 11 is 0. The van der Waals surface area contributed by atoms with Crippen molar-refractivity contribution in [3.05, 3.63) is 35.9 Å². The normalized spacial score (nSPS) is 15.1. The predicted octanol–water partition coefficient (Wildman–Crippen LogP) is -1.53. The van der Waals surface area contributed by atoms with E-state index in [1.807, 2.05) is 5.32 Å². The monoisotopic (exact) mass is 381 g/mol. The van der Waals surface area contributed by atoms with Crippen molar-refractivity contribution in [1.29, 1.82) is 0 Å². The second-order valence-electron chi connectivity index (χ2n) is 6.02. The molecule has 0 aliphatic heterocycles. The van der Waals surface area contributed by atoms with E-state index >= 15 is 0 Å². The number of nitrogens with one attached hydrogen (secondary N) is 2. The first-order chi connectivity index (χ1) is 12.6. The second kappa shape index (κ2) is 10.2. The Morgan fingerprint density at radius 1 is 1.04 bits per heavy atom. The van der Waals surface area contributed by atoms with E-state index in [2.05, 4.69) is 5.32 Å². The molecular weight excluding hydrogens is 358 g/mol. The zero-order valence-corrected chi connectivity index (χ0v) is 14.7. The van der Waals surface area contributed by atoms with Crippen molar-refractivity contribution in [3.8, 4) is 0 Å². The lowest BCUT2D eigenvalue weighted by molar-refractivity contribution is -0.147. The van der Waals surface area contributed by atoms with E-state index in [9.17, 15) is 24.3 Å². The molecule has 10 nitrogen and oxygen atoms in total. The number of carboxylic acids is 2. The van der Waals surface area contributed by atoms with Gasteiger partial charge >= 0.3 is 11.9 Å². The molecule has 10 heteroatoms. The van der Waals surface area contributed by atoms with Crippen molar-refractivity contribution in [2.45, 2.75) is 44.0 Å². The first-order valence-electron chi connectivity index (χ1n) is 8.14. The summed E-state index contributed by atoms with van der Waals surface area (Å²) in [7, 11) is 0. The average molecular weight is 381 g/mol. The minimum Gasteiger partial charge on any atom is -0.481 e. The highest BCUT2D eigenvalue weighted by Gasteiger charge is 2.31. The number of hydrogen-bond acceptors (Lipinski definition) is 6. The van der Waals surface area contributed by atoms with Crippen molar-refractivity contribution < 1.29 is 34.5 Å². The molecule has 7 N–H and O–H groups in total. The van der Waals surface area contributed by atoms with Gasteiger partial charge in [-0.2, -0.15) is 0 Å². The van der Waals surface area contributed by atoms with Gasteiger partial charge in [0.05, 0.1) is 18.6 Å². The fourth-order valence-electron chi connectivity index (χ4n) is 2.26. The van der Waals surface area contributed by atoms with Gasteiger partial charge in [0.1, 0.15) is 12.1 Å². The smallest absolute Gasteiger partial charge is 0.326 e. The lowest BCUT2D eigenvalue weighted by atomic mass is 10.0. The lowest BCUT2D eigenvalue weighted by Crippen LogP contribution is -2.58. The molecule has 0 saturated heterocycles. The SMILES string of the molecule is CC(O)C(NC(=O)C(N)Cc1ccccc1)C(=O)NC(CC(=O)O)C(=O)O. The van der Waals surface area contributed by atoms with Crippen molar-refractivity contribution in [2.75, 3.05) is 0 Å². The van der Waals surface area contributed by atoms with E-state index in [-0.39, 0.29) is 6.42 Å². The predicted molar refractivity (Wildman–Crippen MR) is 93.6 cm³/mol. The maximum Gasteiger partial charge on any atom is 0.326 e. The largest absolute Gasteiger partial charge is 0.481 e. The molecule has 1 rings (SSSR count). The van der Waals surface area contributed by atoms with E-state index < -0.39 is 54.4 Å². The van der Waals surface area contributed by atoms with Crippen LogP contribution in [-0.4, -0.2) is 63.3 Å². The number of benzene rings is 1. The number of carbonyl (C=O) groups is 4. The minimum atomic E-state index is -1.70. The highest BCUT2D eigenvalue weighted by atomic mass is 16.4. The summed E-state index contributed by atoms with van der Waals surface area (Å²) in [5.74, 6) is -4.73. The van der Waals surface area contributed by atoms with Crippen molar-refractivity contribution in [1.82, 2.24) is 10.6 Å². The molecular formula is C17H23N3O7. The molecule has 1 aromatic carbocycles. The van der Waals surface area contributed by atoms with Gasteiger partial charge in [-0.15, -0.1) is 0 Å². The Labute approximate surface area is 155 Å². The average Bonchev–Trinajstić information content (AvgIpc) is 2.58. The van der Waals surface area contributed by atoms with Crippen molar-refractivity contribution >= 4 is 23.8 Å². The third kappa shape index (κ3) is 7.42. The van der Waals surface area contributed by atoms with Crippen LogP contribution in [0.1, 0.15) is 18.9 Å². The third-order valence-corrected chi connectivity index (χ3v) is 3.69. The molecule has 0 saturated carbocycles. The Morgan fingerprint density at radius 3 is 2.11 bits per heavy atom. The Kier molecular flexibility index (Phi) is 8.36. The number of aliphatic hydroxyl groups is 1. The summed E-state index contributed by atoms with van der Waals surface area (Å²) in [4.78, 5) is 46.2. The van der Waals surface area contributed by atoms with Gasteiger partial charge < -0.3 is 31.7 Å². The zero-order valence-electron chi connectivity index (χ0n) is 14.7. The molecule has 1 aromatic rings. The number of aliphatic hydroxyl groups excluding tert-OH is 1. The van der Waals surface area contributed by atoms with Gasteiger partial charge in [0.15, 0.2) is 0 Å². The zero-order chi connectivity index (χ0) is 20.6. The van der Waals surface area contributed by atoms with Gasteiger partial charge in [-0.1, -0.05) is 30.3 Å². The number of hydrogen-bond donors (Lipinski definition) is 6. The van der Waals surface area contributed by atoms with Crippen LogP contribution in [0.4, 0.5) is 0 Å². The summed E-state index contributed by atoms with van der Waals surface area (Å²) in [6.07, 6.45) is -2.02. The number of carbonyl (C=O) groups excluding carboxylic acids is 2. The van der Waals surface area contributed by atoms with Crippen LogP contribution in [0, 0.1) is 0 Å². The molecule has 27 heavy (non-hydrogen) atoms. The van der Waals surface area contributed by atoms with Crippen LogP contribution in [0.2, 0.25) is 0 Å². The molecule has 148 valence electrons. The van der Waals surface area contributed by atoms with Crippen molar-refractivity contribution in [2.24, 2.45) is 5.73 Å². The molecule has 4 unspecified atom stereocenters. The minimum absolute atomic E-state index is 0.192. The molecule has 0 spiro atoms. The Balaban J connectivity index is 2.76. The number of rotatable bonds is 10. The maximum absolute atomic E-state index is 12.2. The van der Waals surface area contributed by atoms with Crippen LogP contribution < -0.4 is 16.4 Å². The molecule has 0 radical (unpaired) electrons. The number of aliphatic carboxylic acids is 2. The van der Waals surface area contributed by atoms with E-state index in [1.165, 1.54) is 6.92 Å². The summed E-state index contributed by atoms with van der Waals surface area (Å²) in [5, 5.41) is 31.7. The van der Waals surface area contributed by atoms with Gasteiger partial charge in [0.2, 0.25) is 11.8 Å². The number of amides is 2. The maximum atomic E-state index is 12.2. The summed E-state index contributed by atoms with van der Waals surface area (Å²) < 4.78 is 0.